The molecule has 0 radical (unpaired) electrons. The highest BCUT2D eigenvalue weighted by atomic mass is 16.5. The smallest absolute Gasteiger partial charge is 0.336 e. The highest BCUT2D eigenvalue weighted by Crippen LogP contribution is 1.90. The molecule has 0 rings (SSSR count). The minimum Gasteiger partial charge on any atom is -0.413 e. The van der Waals surface area contributed by atoms with Gasteiger partial charge in [-0.05, 0) is 6.58 Å². The van der Waals surface area contributed by atoms with Gasteiger partial charge in [-0.1, -0.05) is 6.58 Å². The molecule has 0 atom stereocenters. The van der Waals surface area contributed by atoms with Crippen molar-refractivity contribution in [2.24, 2.45) is 0 Å². The number of nitrogens with zero attached hydrogens (tertiary/aromatic N) is 1. The first kappa shape index (κ1) is 7.44. The van der Waals surface area contributed by atoms with Crippen molar-refractivity contribution in [3.8, 4) is 6.07 Å². The van der Waals surface area contributed by atoms with Crippen LogP contribution in [0.25, 0.3) is 0 Å². The molecule has 0 aliphatic rings. The molecule has 0 aliphatic carbocycles. The molecule has 0 aliphatic heterocycles. The minimum atomic E-state index is -0.665. The molecule has 0 fully saturated rings. The van der Waals surface area contributed by atoms with E-state index in [2.05, 4.69) is 17.9 Å². The Bertz CT molecular complexity index is 188. The Kier molecular flexibility index (Phi) is 2.85. The first-order chi connectivity index (χ1) is 4.20. The molecule has 0 heterocycles. The second kappa shape index (κ2) is 3.44. The molecule has 0 saturated heterocycles. The van der Waals surface area contributed by atoms with Gasteiger partial charge >= 0.3 is 5.97 Å². The summed E-state index contributed by atoms with van der Waals surface area (Å²) in [5.74, 6) is -0.888. The molecule has 0 aromatic rings. The van der Waals surface area contributed by atoms with Gasteiger partial charge in [0.05, 0.1) is 0 Å². The Labute approximate surface area is 52.9 Å². The van der Waals surface area contributed by atoms with Crippen molar-refractivity contribution >= 4 is 5.97 Å². The SMILES string of the molecule is C=CC(=O)OC(=C)C#N. The van der Waals surface area contributed by atoms with Crippen LogP contribution in [0.4, 0.5) is 0 Å². The molecule has 0 aromatic heterocycles. The Balaban J connectivity index is 3.77. The van der Waals surface area contributed by atoms with Crippen molar-refractivity contribution in [1.82, 2.24) is 0 Å². The third kappa shape index (κ3) is 3.06. The maximum absolute atomic E-state index is 10.2. The van der Waals surface area contributed by atoms with E-state index in [9.17, 15) is 4.79 Å². The molecular formula is C6H5NO2. The standard InChI is InChI=1S/C6H5NO2/c1-3-6(8)9-5(2)4-7/h3H,1-2H2. The van der Waals surface area contributed by atoms with Crippen molar-refractivity contribution < 1.29 is 9.53 Å². The molecule has 3 heteroatoms. The van der Waals surface area contributed by atoms with Crippen LogP contribution in [-0.2, 0) is 9.53 Å². The number of nitriles is 1. The van der Waals surface area contributed by atoms with Gasteiger partial charge in [-0.15, -0.1) is 0 Å². The van der Waals surface area contributed by atoms with Crippen LogP contribution in [-0.4, -0.2) is 5.97 Å². The molecule has 46 valence electrons. The Morgan fingerprint density at radius 1 is 1.78 bits per heavy atom. The van der Waals surface area contributed by atoms with Crippen LogP contribution in [0, 0.1) is 11.3 Å². The normalized spacial score (nSPS) is 7.00. The average molecular weight is 123 g/mol. The molecular weight excluding hydrogens is 118 g/mol. The zero-order valence-electron chi connectivity index (χ0n) is 4.76. The van der Waals surface area contributed by atoms with E-state index >= 15 is 0 Å². The number of rotatable bonds is 2. The van der Waals surface area contributed by atoms with E-state index in [1.165, 1.54) is 0 Å². The van der Waals surface area contributed by atoms with Gasteiger partial charge in [0.25, 0.3) is 0 Å². The topological polar surface area (TPSA) is 50.1 Å². The summed E-state index contributed by atoms with van der Waals surface area (Å²) in [5, 5.41) is 8.02. The van der Waals surface area contributed by atoms with Gasteiger partial charge < -0.3 is 4.74 Å². The summed E-state index contributed by atoms with van der Waals surface area (Å²) in [7, 11) is 0. The number of carbonyl (C=O) groups excluding carboxylic acids is 1. The van der Waals surface area contributed by atoms with E-state index < -0.39 is 5.97 Å². The Morgan fingerprint density at radius 3 is 2.67 bits per heavy atom. The Hall–Kier alpha value is -1.56. The lowest BCUT2D eigenvalue weighted by molar-refractivity contribution is -0.133. The molecule has 0 amide bonds. The van der Waals surface area contributed by atoms with Crippen LogP contribution in [0.5, 0.6) is 0 Å². The summed E-state index contributed by atoms with van der Waals surface area (Å²) in [6.07, 6.45) is 0.961. The van der Waals surface area contributed by atoms with Gasteiger partial charge in [-0.2, -0.15) is 5.26 Å². The van der Waals surface area contributed by atoms with Crippen LogP contribution in [0.15, 0.2) is 25.0 Å². The van der Waals surface area contributed by atoms with Crippen LogP contribution in [0.1, 0.15) is 0 Å². The lowest BCUT2D eigenvalue weighted by Crippen LogP contribution is -1.96. The van der Waals surface area contributed by atoms with Crippen molar-refractivity contribution in [1.29, 1.82) is 5.26 Å². The predicted octanol–water partition coefficient (Wildman–Crippen LogP) is 0.753. The highest BCUT2D eigenvalue weighted by Gasteiger charge is 1.96. The number of ether oxygens (including phenoxy) is 1. The van der Waals surface area contributed by atoms with Crippen molar-refractivity contribution in [3.05, 3.63) is 25.0 Å². The van der Waals surface area contributed by atoms with E-state index in [0.29, 0.717) is 0 Å². The summed E-state index contributed by atoms with van der Waals surface area (Å²) in [6, 6.07) is 1.54. The summed E-state index contributed by atoms with van der Waals surface area (Å²) < 4.78 is 4.24. The molecule has 9 heavy (non-hydrogen) atoms. The molecule has 0 spiro atoms. The fraction of sp³-hybridized carbons (Fsp3) is 0. The number of carbonyl (C=O) groups is 1. The quantitative estimate of drug-likeness (QED) is 0.235. The lowest BCUT2D eigenvalue weighted by atomic mass is 10.6. The third-order valence-corrected chi connectivity index (χ3v) is 0.515. The molecule has 0 saturated carbocycles. The average Bonchev–Trinajstić information content (AvgIpc) is 1.87. The van der Waals surface area contributed by atoms with Crippen molar-refractivity contribution in [2.45, 2.75) is 0 Å². The maximum atomic E-state index is 10.2. The lowest BCUT2D eigenvalue weighted by Gasteiger charge is -1.91. The zero-order chi connectivity index (χ0) is 7.28. The second-order valence-electron chi connectivity index (χ2n) is 1.16. The number of hydrogen-bond donors (Lipinski definition) is 0. The van der Waals surface area contributed by atoms with E-state index in [0.717, 1.165) is 6.08 Å². The summed E-state index contributed by atoms with van der Waals surface area (Å²) in [4.78, 5) is 10.2. The summed E-state index contributed by atoms with van der Waals surface area (Å²) >= 11 is 0. The predicted molar refractivity (Wildman–Crippen MR) is 31.0 cm³/mol. The molecule has 0 aromatic carbocycles. The fourth-order valence-corrected chi connectivity index (χ4v) is 0.186. The molecule has 3 nitrogen and oxygen atoms in total. The van der Waals surface area contributed by atoms with Gasteiger partial charge in [0.2, 0.25) is 5.76 Å². The van der Waals surface area contributed by atoms with Gasteiger partial charge in [0.1, 0.15) is 6.07 Å². The van der Waals surface area contributed by atoms with Crippen LogP contribution in [0.3, 0.4) is 0 Å². The van der Waals surface area contributed by atoms with Crippen molar-refractivity contribution in [3.63, 3.8) is 0 Å². The monoisotopic (exact) mass is 123 g/mol. The number of esters is 1. The third-order valence-electron chi connectivity index (χ3n) is 0.515. The van der Waals surface area contributed by atoms with Crippen LogP contribution in [0.2, 0.25) is 0 Å². The van der Waals surface area contributed by atoms with E-state index in [1.54, 1.807) is 6.07 Å². The van der Waals surface area contributed by atoms with Gasteiger partial charge in [-0.25, -0.2) is 4.79 Å². The van der Waals surface area contributed by atoms with E-state index in [4.69, 9.17) is 5.26 Å². The Morgan fingerprint density at radius 2 is 2.33 bits per heavy atom. The largest absolute Gasteiger partial charge is 0.413 e. The van der Waals surface area contributed by atoms with Gasteiger partial charge in [0.15, 0.2) is 0 Å². The van der Waals surface area contributed by atoms with E-state index in [-0.39, 0.29) is 5.76 Å². The zero-order valence-corrected chi connectivity index (χ0v) is 4.76. The first-order valence-electron chi connectivity index (χ1n) is 2.14. The molecule has 0 unspecified atom stereocenters. The van der Waals surface area contributed by atoms with Crippen LogP contribution < -0.4 is 0 Å². The highest BCUT2D eigenvalue weighted by molar-refractivity contribution is 5.82. The van der Waals surface area contributed by atoms with Crippen molar-refractivity contribution in [2.75, 3.05) is 0 Å². The molecule has 0 bridgehead atoms. The molecule has 0 N–H and O–H groups in total. The second-order valence-corrected chi connectivity index (χ2v) is 1.16. The summed E-state index contributed by atoms with van der Waals surface area (Å²) in [6.45, 7) is 6.23. The fourth-order valence-electron chi connectivity index (χ4n) is 0.186. The maximum Gasteiger partial charge on any atom is 0.336 e. The van der Waals surface area contributed by atoms with Crippen LogP contribution >= 0.6 is 0 Å². The van der Waals surface area contributed by atoms with Gasteiger partial charge in [-0.3, -0.25) is 0 Å². The minimum absolute atomic E-state index is 0.222. The van der Waals surface area contributed by atoms with E-state index in [1.807, 2.05) is 0 Å². The number of hydrogen-bond acceptors (Lipinski definition) is 3. The summed E-state index contributed by atoms with van der Waals surface area (Å²) in [5.41, 5.74) is 0. The van der Waals surface area contributed by atoms with Gasteiger partial charge in [0, 0.05) is 6.08 Å². The first-order valence-corrected chi connectivity index (χ1v) is 2.14. The number of allylic oxidation sites excluding steroid dienone is 1.